The summed E-state index contributed by atoms with van der Waals surface area (Å²) in [6.07, 6.45) is 7.03. The summed E-state index contributed by atoms with van der Waals surface area (Å²) >= 11 is 0. The molecule has 1 heteroatoms. The Morgan fingerprint density at radius 2 is 1.50 bits per heavy atom. The molecular weight excluding hydrogens is 218 g/mol. The first-order chi connectivity index (χ1) is 8.33. The topological polar surface area (TPSA) is 35.0 Å². The number of hydrogen-bond acceptors (Lipinski definition) is 1. The van der Waals surface area contributed by atoms with Gasteiger partial charge in [-0.2, -0.15) is 0 Å². The van der Waals surface area contributed by atoms with Crippen LogP contribution in [0.25, 0.3) is 10.8 Å². The fraction of sp³-hybridized carbons (Fsp3) is 0.412. The molecule has 18 heavy (non-hydrogen) atoms. The van der Waals surface area contributed by atoms with Gasteiger partial charge >= 0.3 is 0 Å². The molecule has 0 radical (unpaired) electrons. The van der Waals surface area contributed by atoms with Crippen molar-refractivity contribution in [3.05, 3.63) is 47.5 Å². The number of rotatable bonds is 1. The highest BCUT2D eigenvalue weighted by Crippen LogP contribution is 2.33. The lowest BCUT2D eigenvalue weighted by molar-refractivity contribution is 0.444. The van der Waals surface area contributed by atoms with Crippen LogP contribution in [-0.4, -0.2) is 0 Å². The predicted molar refractivity (Wildman–Crippen MR) is 79.5 cm³/mol. The Balaban J connectivity index is 0.00000120. The van der Waals surface area contributed by atoms with Crippen LogP contribution in [-0.2, 0) is 0 Å². The first-order valence-electron chi connectivity index (χ1n) is 6.83. The molecule has 1 nitrogen and oxygen atoms in total. The van der Waals surface area contributed by atoms with Gasteiger partial charge in [0.25, 0.3) is 0 Å². The van der Waals surface area contributed by atoms with Crippen LogP contribution in [0.5, 0.6) is 0 Å². The van der Waals surface area contributed by atoms with Crippen molar-refractivity contribution in [1.82, 2.24) is 6.15 Å². The second-order valence-electron chi connectivity index (χ2n) is 5.44. The smallest absolute Gasteiger partial charge is 0.0162 e. The molecule has 1 saturated carbocycles. The van der Waals surface area contributed by atoms with Crippen molar-refractivity contribution in [2.75, 3.05) is 0 Å². The zero-order chi connectivity index (χ0) is 11.7. The van der Waals surface area contributed by atoms with Crippen LogP contribution in [0.4, 0.5) is 0 Å². The lowest BCUT2D eigenvalue weighted by atomic mass is 9.83. The van der Waals surface area contributed by atoms with Gasteiger partial charge in [-0.15, -0.1) is 0 Å². The fourth-order valence-corrected chi connectivity index (χ4v) is 3.07. The molecule has 0 spiro atoms. The molecule has 0 bridgehead atoms. The molecule has 0 heterocycles. The summed E-state index contributed by atoms with van der Waals surface area (Å²) in [4.78, 5) is 0. The van der Waals surface area contributed by atoms with E-state index < -0.39 is 0 Å². The van der Waals surface area contributed by atoms with Gasteiger partial charge in [0.05, 0.1) is 0 Å². The van der Waals surface area contributed by atoms with Gasteiger partial charge in [0.1, 0.15) is 0 Å². The van der Waals surface area contributed by atoms with Crippen molar-refractivity contribution in [2.24, 2.45) is 0 Å². The molecule has 0 saturated heterocycles. The summed E-state index contributed by atoms with van der Waals surface area (Å²) in [6.45, 7) is 2.16. The van der Waals surface area contributed by atoms with E-state index in [0.717, 1.165) is 5.92 Å². The minimum absolute atomic E-state index is 0. The van der Waals surface area contributed by atoms with Crippen LogP contribution in [0, 0.1) is 6.92 Å². The predicted octanol–water partition coefficient (Wildman–Crippen LogP) is 5.36. The third kappa shape index (κ3) is 2.56. The number of hydrogen-bond donors (Lipinski definition) is 1. The van der Waals surface area contributed by atoms with E-state index in [1.165, 1.54) is 48.4 Å². The lowest BCUT2D eigenvalue weighted by Crippen LogP contribution is -2.04. The molecule has 3 N–H and O–H groups in total. The molecular formula is C17H23N. The van der Waals surface area contributed by atoms with Crippen molar-refractivity contribution >= 4 is 10.8 Å². The molecule has 0 amide bonds. The summed E-state index contributed by atoms with van der Waals surface area (Å²) in [6, 6.07) is 13.8. The monoisotopic (exact) mass is 241 g/mol. The summed E-state index contributed by atoms with van der Waals surface area (Å²) < 4.78 is 0. The molecule has 1 fully saturated rings. The Hall–Kier alpha value is -1.34. The van der Waals surface area contributed by atoms with Crippen LogP contribution < -0.4 is 6.15 Å². The molecule has 1 aliphatic rings. The van der Waals surface area contributed by atoms with Gasteiger partial charge in [0.2, 0.25) is 0 Å². The van der Waals surface area contributed by atoms with E-state index in [9.17, 15) is 0 Å². The Morgan fingerprint density at radius 1 is 0.833 bits per heavy atom. The van der Waals surface area contributed by atoms with E-state index in [1.54, 1.807) is 5.56 Å². The third-order valence-corrected chi connectivity index (χ3v) is 4.10. The first-order valence-corrected chi connectivity index (χ1v) is 6.83. The SMILES string of the molecule is Cc1ccc2cc(C3CCCCC3)ccc2c1.N. The minimum Gasteiger partial charge on any atom is -0.344 e. The average Bonchev–Trinajstić information content (AvgIpc) is 2.39. The van der Waals surface area contributed by atoms with Gasteiger partial charge in [0.15, 0.2) is 0 Å². The highest BCUT2D eigenvalue weighted by atomic mass is 14.2. The highest BCUT2D eigenvalue weighted by molar-refractivity contribution is 5.83. The Bertz CT molecular complexity index is 524. The van der Waals surface area contributed by atoms with E-state index >= 15 is 0 Å². The average molecular weight is 241 g/mol. The molecule has 0 aromatic heterocycles. The van der Waals surface area contributed by atoms with Crippen LogP contribution in [0.3, 0.4) is 0 Å². The maximum Gasteiger partial charge on any atom is -0.0162 e. The number of aryl methyl sites for hydroxylation is 1. The van der Waals surface area contributed by atoms with E-state index in [1.807, 2.05) is 0 Å². The molecule has 2 aromatic rings. The van der Waals surface area contributed by atoms with Gasteiger partial charge in [-0.1, -0.05) is 61.2 Å². The third-order valence-electron chi connectivity index (χ3n) is 4.10. The van der Waals surface area contributed by atoms with Gasteiger partial charge < -0.3 is 6.15 Å². The fourth-order valence-electron chi connectivity index (χ4n) is 3.07. The first kappa shape index (κ1) is 13.1. The van der Waals surface area contributed by atoms with E-state index in [2.05, 4.69) is 43.3 Å². The highest BCUT2D eigenvalue weighted by Gasteiger charge is 2.15. The zero-order valence-electron chi connectivity index (χ0n) is 11.3. The second-order valence-corrected chi connectivity index (χ2v) is 5.44. The van der Waals surface area contributed by atoms with Crippen LogP contribution in [0.1, 0.15) is 49.1 Å². The van der Waals surface area contributed by atoms with Crippen molar-refractivity contribution in [1.29, 1.82) is 0 Å². The summed E-state index contributed by atoms with van der Waals surface area (Å²) in [7, 11) is 0. The van der Waals surface area contributed by atoms with Gasteiger partial charge in [-0.05, 0) is 42.0 Å². The van der Waals surface area contributed by atoms with Crippen LogP contribution in [0.15, 0.2) is 36.4 Å². The molecule has 96 valence electrons. The maximum absolute atomic E-state index is 2.41. The lowest BCUT2D eigenvalue weighted by Gasteiger charge is -2.22. The Labute approximate surface area is 110 Å². The maximum atomic E-state index is 2.41. The standard InChI is InChI=1S/C17H20.H3N/c1-13-7-8-17-12-16(10-9-15(17)11-13)14-5-3-2-4-6-14;/h7-12,14H,2-6H2,1H3;1H3. The second kappa shape index (κ2) is 5.53. The molecule has 1 aliphatic carbocycles. The zero-order valence-corrected chi connectivity index (χ0v) is 11.3. The van der Waals surface area contributed by atoms with Crippen LogP contribution >= 0.6 is 0 Å². The van der Waals surface area contributed by atoms with Gasteiger partial charge in [-0.25, -0.2) is 0 Å². The van der Waals surface area contributed by atoms with Crippen molar-refractivity contribution in [3.8, 4) is 0 Å². The largest absolute Gasteiger partial charge is 0.344 e. The van der Waals surface area contributed by atoms with Crippen molar-refractivity contribution in [2.45, 2.75) is 44.9 Å². The van der Waals surface area contributed by atoms with E-state index in [4.69, 9.17) is 0 Å². The van der Waals surface area contributed by atoms with E-state index in [-0.39, 0.29) is 6.15 Å². The minimum atomic E-state index is 0. The summed E-state index contributed by atoms with van der Waals surface area (Å²) in [5.41, 5.74) is 2.91. The Morgan fingerprint density at radius 3 is 2.28 bits per heavy atom. The molecule has 0 atom stereocenters. The molecule has 0 unspecified atom stereocenters. The quantitative estimate of drug-likeness (QED) is 0.716. The van der Waals surface area contributed by atoms with E-state index in [0.29, 0.717) is 0 Å². The normalized spacial score (nSPS) is 16.5. The molecule has 3 rings (SSSR count). The Kier molecular flexibility index (Phi) is 4.03. The number of benzene rings is 2. The van der Waals surface area contributed by atoms with Crippen molar-refractivity contribution in [3.63, 3.8) is 0 Å². The van der Waals surface area contributed by atoms with Gasteiger partial charge in [-0.3, -0.25) is 0 Å². The number of fused-ring (bicyclic) bond motifs is 1. The van der Waals surface area contributed by atoms with Crippen molar-refractivity contribution < 1.29 is 0 Å². The van der Waals surface area contributed by atoms with Gasteiger partial charge in [0, 0.05) is 0 Å². The molecule has 0 aliphatic heterocycles. The molecule has 2 aromatic carbocycles. The summed E-state index contributed by atoms with van der Waals surface area (Å²) in [5, 5.41) is 2.78. The van der Waals surface area contributed by atoms with Crippen LogP contribution in [0.2, 0.25) is 0 Å². The summed E-state index contributed by atoms with van der Waals surface area (Å²) in [5.74, 6) is 0.814.